The number of carbonyl (C=O) groups is 1. The topological polar surface area (TPSA) is 51.2 Å². The first-order valence-electron chi connectivity index (χ1n) is 7.41. The monoisotopic (exact) mass is 294 g/mol. The highest BCUT2D eigenvalue weighted by molar-refractivity contribution is 7.14. The molecule has 0 unspecified atom stereocenters. The molecule has 0 atom stereocenters. The number of carbonyl (C=O) groups excluding carboxylic acids is 1. The average molecular weight is 294 g/mol. The van der Waals surface area contributed by atoms with Crippen LogP contribution in [0.2, 0.25) is 0 Å². The Balaban J connectivity index is 1.69. The number of amides is 1. The predicted octanol–water partition coefficient (Wildman–Crippen LogP) is 3.41. The van der Waals surface area contributed by atoms with Crippen LogP contribution < -0.4 is 5.32 Å². The number of hydrogen-bond donors (Lipinski definition) is 1. The number of rotatable bonds is 4. The Kier molecular flexibility index (Phi) is 3.82. The lowest BCUT2D eigenvalue weighted by atomic mass is 9.74. The Morgan fingerprint density at radius 1 is 1.35 bits per heavy atom. The highest BCUT2D eigenvalue weighted by Gasteiger charge is 2.38. The lowest BCUT2D eigenvalue weighted by Crippen LogP contribution is -2.40. The van der Waals surface area contributed by atoms with Crippen molar-refractivity contribution in [2.45, 2.75) is 45.4 Å². The van der Waals surface area contributed by atoms with Gasteiger partial charge in [0.05, 0.1) is 11.2 Å². The van der Waals surface area contributed by atoms with Gasteiger partial charge in [0.1, 0.15) is 5.00 Å². The molecule has 20 heavy (non-hydrogen) atoms. The van der Waals surface area contributed by atoms with E-state index in [1.165, 1.54) is 12.8 Å². The van der Waals surface area contributed by atoms with Crippen LogP contribution >= 0.6 is 11.3 Å². The number of thiazole rings is 1. The van der Waals surface area contributed by atoms with Crippen LogP contribution in [0.4, 0.5) is 5.00 Å². The standard InChI is InChI=1S/C15H22N2O2S/c1-15(2,11-5-7-19-8-6-11)14(18)17-13-12(10-3-4-10)16-9-20-13/h9-11H,3-8H2,1-2H3,(H,17,18). The van der Waals surface area contributed by atoms with Gasteiger partial charge in [-0.3, -0.25) is 4.79 Å². The molecule has 1 aromatic rings. The van der Waals surface area contributed by atoms with Crippen molar-refractivity contribution in [2.75, 3.05) is 18.5 Å². The number of hydrogen-bond acceptors (Lipinski definition) is 4. The molecule has 1 aliphatic carbocycles. The Morgan fingerprint density at radius 2 is 2.05 bits per heavy atom. The van der Waals surface area contributed by atoms with E-state index in [9.17, 15) is 4.79 Å². The minimum Gasteiger partial charge on any atom is -0.381 e. The molecule has 5 heteroatoms. The third-order valence-electron chi connectivity index (χ3n) is 4.61. The van der Waals surface area contributed by atoms with E-state index < -0.39 is 0 Å². The van der Waals surface area contributed by atoms with Gasteiger partial charge in [-0.05, 0) is 31.6 Å². The fraction of sp³-hybridized carbons (Fsp3) is 0.733. The van der Waals surface area contributed by atoms with Gasteiger partial charge in [0.2, 0.25) is 5.91 Å². The number of aromatic nitrogens is 1. The first-order chi connectivity index (χ1) is 9.59. The van der Waals surface area contributed by atoms with E-state index >= 15 is 0 Å². The maximum absolute atomic E-state index is 12.7. The molecular weight excluding hydrogens is 272 g/mol. The third-order valence-corrected chi connectivity index (χ3v) is 5.37. The van der Waals surface area contributed by atoms with Gasteiger partial charge in [-0.15, -0.1) is 11.3 Å². The van der Waals surface area contributed by atoms with E-state index in [1.54, 1.807) is 11.3 Å². The molecule has 110 valence electrons. The lowest BCUT2D eigenvalue weighted by molar-refractivity contribution is -0.128. The molecular formula is C15H22N2O2S. The molecule has 0 aromatic carbocycles. The summed E-state index contributed by atoms with van der Waals surface area (Å²) >= 11 is 1.54. The summed E-state index contributed by atoms with van der Waals surface area (Å²) in [5.74, 6) is 1.09. The largest absolute Gasteiger partial charge is 0.381 e. The Morgan fingerprint density at radius 3 is 2.70 bits per heavy atom. The molecule has 1 aliphatic heterocycles. The van der Waals surface area contributed by atoms with Crippen molar-refractivity contribution in [3.63, 3.8) is 0 Å². The van der Waals surface area contributed by atoms with E-state index in [0.717, 1.165) is 36.8 Å². The molecule has 1 amide bonds. The van der Waals surface area contributed by atoms with E-state index in [1.807, 2.05) is 5.51 Å². The molecule has 0 bridgehead atoms. The van der Waals surface area contributed by atoms with Crippen molar-refractivity contribution < 1.29 is 9.53 Å². The van der Waals surface area contributed by atoms with Gasteiger partial charge in [0, 0.05) is 24.5 Å². The number of anilines is 1. The SMILES string of the molecule is CC(C)(C(=O)Nc1scnc1C1CC1)C1CCOCC1. The highest BCUT2D eigenvalue weighted by atomic mass is 32.1. The molecule has 3 rings (SSSR count). The zero-order chi connectivity index (χ0) is 14.2. The second-order valence-electron chi connectivity index (χ2n) is 6.40. The van der Waals surface area contributed by atoms with Gasteiger partial charge in [-0.25, -0.2) is 4.98 Å². The normalized spacial score (nSPS) is 20.9. The van der Waals surface area contributed by atoms with Crippen molar-refractivity contribution >= 4 is 22.2 Å². The smallest absolute Gasteiger partial charge is 0.230 e. The van der Waals surface area contributed by atoms with Crippen molar-refractivity contribution in [2.24, 2.45) is 11.3 Å². The second-order valence-corrected chi connectivity index (χ2v) is 7.26. The zero-order valence-electron chi connectivity index (χ0n) is 12.1. The molecule has 2 fully saturated rings. The maximum Gasteiger partial charge on any atom is 0.230 e. The van der Waals surface area contributed by atoms with E-state index in [2.05, 4.69) is 24.1 Å². The summed E-state index contributed by atoms with van der Waals surface area (Å²) in [7, 11) is 0. The van der Waals surface area contributed by atoms with Crippen LogP contribution in [0.1, 0.15) is 51.1 Å². The highest BCUT2D eigenvalue weighted by Crippen LogP contribution is 2.44. The molecule has 4 nitrogen and oxygen atoms in total. The molecule has 0 spiro atoms. The quantitative estimate of drug-likeness (QED) is 0.926. The van der Waals surface area contributed by atoms with Gasteiger partial charge in [0.25, 0.3) is 0 Å². The summed E-state index contributed by atoms with van der Waals surface area (Å²) in [5.41, 5.74) is 2.57. The van der Waals surface area contributed by atoms with Crippen LogP contribution in [-0.4, -0.2) is 24.1 Å². The van der Waals surface area contributed by atoms with Gasteiger partial charge < -0.3 is 10.1 Å². The van der Waals surface area contributed by atoms with E-state index in [0.29, 0.717) is 11.8 Å². The molecule has 2 aliphatic rings. The third kappa shape index (κ3) is 2.74. The van der Waals surface area contributed by atoms with Crippen molar-refractivity contribution in [1.29, 1.82) is 0 Å². The van der Waals surface area contributed by atoms with Gasteiger partial charge in [0.15, 0.2) is 0 Å². The molecule has 2 heterocycles. The first-order valence-corrected chi connectivity index (χ1v) is 8.29. The van der Waals surface area contributed by atoms with Crippen LogP contribution in [0.5, 0.6) is 0 Å². The summed E-state index contributed by atoms with van der Waals surface area (Å²) in [6.07, 6.45) is 4.35. The minimum absolute atomic E-state index is 0.121. The van der Waals surface area contributed by atoms with Crippen LogP contribution in [0, 0.1) is 11.3 Å². The Hall–Kier alpha value is -0.940. The molecule has 1 saturated carbocycles. The van der Waals surface area contributed by atoms with Crippen molar-refractivity contribution in [3.05, 3.63) is 11.2 Å². The van der Waals surface area contributed by atoms with Gasteiger partial charge >= 0.3 is 0 Å². The van der Waals surface area contributed by atoms with Crippen LogP contribution in [0.15, 0.2) is 5.51 Å². The molecule has 0 radical (unpaired) electrons. The van der Waals surface area contributed by atoms with Gasteiger partial charge in [-0.1, -0.05) is 13.8 Å². The number of ether oxygens (including phenoxy) is 1. The second kappa shape index (κ2) is 5.45. The average Bonchev–Trinajstić information content (AvgIpc) is 3.20. The van der Waals surface area contributed by atoms with Crippen LogP contribution in [0.3, 0.4) is 0 Å². The van der Waals surface area contributed by atoms with Crippen LogP contribution in [0.25, 0.3) is 0 Å². The fourth-order valence-electron chi connectivity index (χ4n) is 2.86. The summed E-state index contributed by atoms with van der Waals surface area (Å²) in [6, 6.07) is 0. The van der Waals surface area contributed by atoms with E-state index in [4.69, 9.17) is 4.74 Å². The fourth-order valence-corrected chi connectivity index (χ4v) is 3.63. The predicted molar refractivity (Wildman–Crippen MR) is 80.0 cm³/mol. The molecule has 1 aromatic heterocycles. The minimum atomic E-state index is -0.353. The van der Waals surface area contributed by atoms with Crippen molar-refractivity contribution in [1.82, 2.24) is 4.98 Å². The summed E-state index contributed by atoms with van der Waals surface area (Å²) in [4.78, 5) is 17.1. The zero-order valence-corrected chi connectivity index (χ0v) is 13.0. The summed E-state index contributed by atoms with van der Waals surface area (Å²) in [6.45, 7) is 5.65. The number of nitrogens with zero attached hydrogens (tertiary/aromatic N) is 1. The lowest BCUT2D eigenvalue weighted by Gasteiger charge is -2.35. The van der Waals surface area contributed by atoms with E-state index in [-0.39, 0.29) is 11.3 Å². The molecule has 1 N–H and O–H groups in total. The maximum atomic E-state index is 12.7. The summed E-state index contributed by atoms with van der Waals surface area (Å²) in [5, 5.41) is 4.08. The van der Waals surface area contributed by atoms with Crippen molar-refractivity contribution in [3.8, 4) is 0 Å². The summed E-state index contributed by atoms with van der Waals surface area (Å²) < 4.78 is 5.40. The first kappa shape index (κ1) is 14.0. The number of nitrogens with one attached hydrogen (secondary N) is 1. The molecule has 1 saturated heterocycles. The Bertz CT molecular complexity index is 488. The van der Waals surface area contributed by atoms with Gasteiger partial charge in [-0.2, -0.15) is 0 Å². The Labute approximate surface area is 123 Å². The van der Waals surface area contributed by atoms with Crippen LogP contribution in [-0.2, 0) is 9.53 Å².